The van der Waals surface area contributed by atoms with Crippen LogP contribution in [0.5, 0.6) is 5.75 Å². The molecule has 22 heavy (non-hydrogen) atoms. The molecule has 0 aromatic heterocycles. The van der Waals surface area contributed by atoms with Crippen molar-refractivity contribution >= 4 is 11.7 Å². The summed E-state index contributed by atoms with van der Waals surface area (Å²) in [4.78, 5) is 14.4. The van der Waals surface area contributed by atoms with E-state index < -0.39 is 0 Å². The summed E-state index contributed by atoms with van der Waals surface area (Å²) in [6.45, 7) is 5.67. The van der Waals surface area contributed by atoms with E-state index in [-0.39, 0.29) is 6.03 Å². The maximum atomic E-state index is 12.5. The van der Waals surface area contributed by atoms with E-state index in [9.17, 15) is 4.79 Å². The average Bonchev–Trinajstić information content (AvgIpc) is 3.10. The zero-order valence-corrected chi connectivity index (χ0v) is 13.2. The van der Waals surface area contributed by atoms with E-state index >= 15 is 0 Å². The molecule has 120 valence electrons. The largest absolute Gasteiger partial charge is 0.494 e. The first-order valence-electron chi connectivity index (χ1n) is 8.29. The molecule has 2 saturated heterocycles. The molecule has 0 aliphatic carbocycles. The first-order valence-corrected chi connectivity index (χ1v) is 8.29. The SMILES string of the molecule is CCCCOc1cccc(NC(=O)N2CC[C@@H]3CNC[C@@H]32)c1. The Morgan fingerprint density at radius 1 is 1.45 bits per heavy atom. The van der Waals surface area contributed by atoms with Crippen molar-refractivity contribution < 1.29 is 9.53 Å². The Balaban J connectivity index is 1.58. The highest BCUT2D eigenvalue weighted by Gasteiger charge is 2.39. The van der Waals surface area contributed by atoms with Crippen molar-refractivity contribution in [3.05, 3.63) is 24.3 Å². The molecule has 2 aliphatic rings. The van der Waals surface area contributed by atoms with Crippen LogP contribution in [0.25, 0.3) is 0 Å². The summed E-state index contributed by atoms with van der Waals surface area (Å²) in [5.74, 6) is 1.43. The van der Waals surface area contributed by atoms with Crippen molar-refractivity contribution in [3.8, 4) is 5.75 Å². The molecule has 5 nitrogen and oxygen atoms in total. The molecular formula is C17H25N3O2. The number of fused-ring (bicyclic) bond motifs is 1. The highest BCUT2D eigenvalue weighted by Crippen LogP contribution is 2.28. The zero-order chi connectivity index (χ0) is 15.4. The van der Waals surface area contributed by atoms with Crippen LogP contribution in [-0.4, -0.2) is 43.2 Å². The van der Waals surface area contributed by atoms with Crippen molar-refractivity contribution in [1.29, 1.82) is 0 Å². The number of nitrogens with one attached hydrogen (secondary N) is 2. The summed E-state index contributed by atoms with van der Waals surface area (Å²) >= 11 is 0. The number of likely N-dealkylation sites (tertiary alicyclic amines) is 1. The Bertz CT molecular complexity index is 520. The van der Waals surface area contributed by atoms with E-state index in [1.807, 2.05) is 29.2 Å². The van der Waals surface area contributed by atoms with Gasteiger partial charge < -0.3 is 20.3 Å². The van der Waals surface area contributed by atoms with Crippen molar-refractivity contribution in [3.63, 3.8) is 0 Å². The van der Waals surface area contributed by atoms with Crippen LogP contribution >= 0.6 is 0 Å². The van der Waals surface area contributed by atoms with Crippen LogP contribution in [0, 0.1) is 5.92 Å². The monoisotopic (exact) mass is 303 g/mol. The molecule has 2 amide bonds. The van der Waals surface area contributed by atoms with Crippen LogP contribution in [0.4, 0.5) is 10.5 Å². The van der Waals surface area contributed by atoms with E-state index in [1.165, 1.54) is 0 Å². The number of carbonyl (C=O) groups is 1. The summed E-state index contributed by atoms with van der Waals surface area (Å²) in [7, 11) is 0. The van der Waals surface area contributed by atoms with Crippen molar-refractivity contribution in [1.82, 2.24) is 10.2 Å². The number of unbranched alkanes of at least 4 members (excludes halogenated alkanes) is 1. The molecule has 2 N–H and O–H groups in total. The lowest BCUT2D eigenvalue weighted by Crippen LogP contribution is -2.41. The normalized spacial score (nSPS) is 23.4. The van der Waals surface area contributed by atoms with E-state index in [0.717, 1.165) is 56.9 Å². The third-order valence-electron chi connectivity index (χ3n) is 4.56. The molecule has 2 aliphatic heterocycles. The average molecular weight is 303 g/mol. The molecule has 2 atom stereocenters. The molecule has 0 unspecified atom stereocenters. The first kappa shape index (κ1) is 15.2. The van der Waals surface area contributed by atoms with Gasteiger partial charge in [-0.3, -0.25) is 0 Å². The molecule has 5 heteroatoms. The van der Waals surface area contributed by atoms with E-state index in [4.69, 9.17) is 4.74 Å². The second-order valence-electron chi connectivity index (χ2n) is 6.13. The predicted molar refractivity (Wildman–Crippen MR) is 87.3 cm³/mol. The van der Waals surface area contributed by atoms with Gasteiger partial charge >= 0.3 is 6.03 Å². The summed E-state index contributed by atoms with van der Waals surface area (Å²) in [6.07, 6.45) is 3.26. The third kappa shape index (κ3) is 3.35. The minimum atomic E-state index is 0.00177. The van der Waals surface area contributed by atoms with Crippen LogP contribution in [-0.2, 0) is 0 Å². The lowest BCUT2D eigenvalue weighted by Gasteiger charge is -2.23. The maximum Gasteiger partial charge on any atom is 0.322 e. The Kier molecular flexibility index (Phi) is 4.83. The summed E-state index contributed by atoms with van der Waals surface area (Å²) in [6, 6.07) is 8.00. The topological polar surface area (TPSA) is 53.6 Å². The van der Waals surface area contributed by atoms with Crippen molar-refractivity contribution in [2.24, 2.45) is 5.92 Å². The Morgan fingerprint density at radius 2 is 2.36 bits per heavy atom. The lowest BCUT2D eigenvalue weighted by molar-refractivity contribution is 0.206. The first-order chi connectivity index (χ1) is 10.8. The number of urea groups is 1. The number of hydrogen-bond acceptors (Lipinski definition) is 3. The van der Waals surface area contributed by atoms with E-state index in [0.29, 0.717) is 12.0 Å². The molecule has 1 aromatic carbocycles. The fraction of sp³-hybridized carbons (Fsp3) is 0.588. The van der Waals surface area contributed by atoms with Gasteiger partial charge in [0.25, 0.3) is 0 Å². The highest BCUT2D eigenvalue weighted by molar-refractivity contribution is 5.90. The molecule has 0 radical (unpaired) electrons. The minimum absolute atomic E-state index is 0.00177. The van der Waals surface area contributed by atoms with Gasteiger partial charge in [0.2, 0.25) is 0 Å². The number of hydrogen-bond donors (Lipinski definition) is 2. The van der Waals surface area contributed by atoms with Gasteiger partial charge in [-0.2, -0.15) is 0 Å². The van der Waals surface area contributed by atoms with Crippen molar-refractivity contribution in [2.45, 2.75) is 32.2 Å². The van der Waals surface area contributed by atoms with Gasteiger partial charge in [0.1, 0.15) is 5.75 Å². The molecule has 0 spiro atoms. The molecule has 3 rings (SSSR count). The molecule has 2 heterocycles. The van der Waals surface area contributed by atoms with Gasteiger partial charge in [-0.1, -0.05) is 19.4 Å². The van der Waals surface area contributed by atoms with Gasteiger partial charge in [0.05, 0.1) is 6.61 Å². The number of amides is 2. The molecular weight excluding hydrogens is 278 g/mol. The van der Waals surface area contributed by atoms with Gasteiger partial charge in [-0.25, -0.2) is 4.79 Å². The summed E-state index contributed by atoms with van der Waals surface area (Å²) < 4.78 is 5.69. The Hall–Kier alpha value is -1.75. The maximum absolute atomic E-state index is 12.5. The molecule has 0 saturated carbocycles. The summed E-state index contributed by atoms with van der Waals surface area (Å²) in [5, 5.41) is 6.38. The van der Waals surface area contributed by atoms with Gasteiger partial charge in [-0.15, -0.1) is 0 Å². The second-order valence-corrected chi connectivity index (χ2v) is 6.13. The van der Waals surface area contributed by atoms with Crippen LogP contribution in [0.15, 0.2) is 24.3 Å². The quantitative estimate of drug-likeness (QED) is 0.822. The van der Waals surface area contributed by atoms with Crippen molar-refractivity contribution in [2.75, 3.05) is 31.6 Å². The highest BCUT2D eigenvalue weighted by atomic mass is 16.5. The molecule has 1 aromatic rings. The number of ether oxygens (including phenoxy) is 1. The third-order valence-corrected chi connectivity index (χ3v) is 4.56. The number of carbonyl (C=O) groups excluding carboxylic acids is 1. The molecule has 0 bridgehead atoms. The standard InChI is InChI=1S/C17H25N3O2/c1-2-3-9-22-15-6-4-5-14(10-15)19-17(21)20-8-7-13-11-18-12-16(13)20/h4-6,10,13,16,18H,2-3,7-9,11-12H2,1H3,(H,19,21)/t13-,16+/m1/s1. The van der Waals surface area contributed by atoms with Gasteiger partial charge in [0.15, 0.2) is 0 Å². The van der Waals surface area contributed by atoms with Gasteiger partial charge in [0, 0.05) is 37.4 Å². The van der Waals surface area contributed by atoms with E-state index in [1.54, 1.807) is 0 Å². The lowest BCUT2D eigenvalue weighted by atomic mass is 10.1. The van der Waals surface area contributed by atoms with E-state index in [2.05, 4.69) is 17.6 Å². The number of anilines is 1. The van der Waals surface area contributed by atoms with Crippen LogP contribution in [0.3, 0.4) is 0 Å². The fourth-order valence-electron chi connectivity index (χ4n) is 3.29. The minimum Gasteiger partial charge on any atom is -0.494 e. The zero-order valence-electron chi connectivity index (χ0n) is 13.2. The number of benzene rings is 1. The second kappa shape index (κ2) is 7.01. The number of rotatable bonds is 5. The number of nitrogens with zero attached hydrogens (tertiary/aromatic N) is 1. The Labute approximate surface area is 132 Å². The van der Waals surface area contributed by atoms with Gasteiger partial charge in [-0.05, 0) is 30.9 Å². The van der Waals surface area contributed by atoms with Crippen LogP contribution in [0.1, 0.15) is 26.2 Å². The predicted octanol–water partition coefficient (Wildman–Crippen LogP) is 2.69. The smallest absolute Gasteiger partial charge is 0.322 e. The molecule has 2 fully saturated rings. The fourth-order valence-corrected chi connectivity index (χ4v) is 3.29. The van der Waals surface area contributed by atoms with Crippen LogP contribution < -0.4 is 15.4 Å². The Morgan fingerprint density at radius 3 is 3.23 bits per heavy atom. The summed E-state index contributed by atoms with van der Waals surface area (Å²) in [5.41, 5.74) is 0.799. The van der Waals surface area contributed by atoms with Crippen LogP contribution in [0.2, 0.25) is 0 Å².